The van der Waals surface area contributed by atoms with Crippen LogP contribution in [0, 0.1) is 0 Å². The van der Waals surface area contributed by atoms with Gasteiger partial charge in [-0.1, -0.05) is 13.0 Å². The largest absolute Gasteiger partial charge is 0.454 e. The Bertz CT molecular complexity index is 609. The molecule has 0 saturated carbocycles. The minimum atomic E-state index is -0.384. The van der Waals surface area contributed by atoms with Gasteiger partial charge in [0, 0.05) is 26.3 Å². The molecule has 1 aromatic heterocycles. The lowest BCUT2D eigenvalue weighted by atomic mass is 10.2. The summed E-state index contributed by atoms with van der Waals surface area (Å²) in [6.07, 6.45) is 0.914. The maximum Gasteiger partial charge on any atom is 0.338 e. The summed E-state index contributed by atoms with van der Waals surface area (Å²) in [5, 5.41) is 11.3. The highest BCUT2D eigenvalue weighted by molar-refractivity contribution is 5.90. The molecule has 0 radical (unpaired) electrons. The van der Waals surface area contributed by atoms with Gasteiger partial charge in [0.05, 0.1) is 5.56 Å². The summed E-state index contributed by atoms with van der Waals surface area (Å²) >= 11 is 0. The Kier molecular flexibility index (Phi) is 4.86. The smallest absolute Gasteiger partial charge is 0.338 e. The van der Waals surface area contributed by atoms with Crippen molar-refractivity contribution < 1.29 is 9.53 Å². The SMILES string of the molecule is CCCn1nnnc1COC(=O)c1cccc(N(C)C)c1. The van der Waals surface area contributed by atoms with E-state index in [0.717, 1.165) is 12.1 Å². The quantitative estimate of drug-likeness (QED) is 0.750. The van der Waals surface area contributed by atoms with E-state index in [1.54, 1.807) is 16.8 Å². The van der Waals surface area contributed by atoms with Gasteiger partial charge in [-0.25, -0.2) is 9.48 Å². The fourth-order valence-electron chi connectivity index (χ4n) is 1.84. The molecule has 1 aromatic carbocycles. The van der Waals surface area contributed by atoms with Gasteiger partial charge in [-0.2, -0.15) is 0 Å². The molecule has 0 bridgehead atoms. The maximum atomic E-state index is 12.1. The summed E-state index contributed by atoms with van der Waals surface area (Å²) in [6, 6.07) is 7.27. The van der Waals surface area contributed by atoms with Crippen LogP contribution in [0.2, 0.25) is 0 Å². The van der Waals surface area contributed by atoms with E-state index in [-0.39, 0.29) is 12.6 Å². The molecule has 0 atom stereocenters. The standard InChI is InChI=1S/C14H19N5O2/c1-4-8-19-13(15-16-17-19)10-21-14(20)11-6-5-7-12(9-11)18(2)3/h5-7,9H,4,8,10H2,1-3H3. The first-order valence-corrected chi connectivity index (χ1v) is 6.81. The van der Waals surface area contributed by atoms with Crippen LogP contribution in [0.3, 0.4) is 0 Å². The normalized spacial score (nSPS) is 10.4. The molecule has 1 heterocycles. The Morgan fingerprint density at radius 3 is 2.90 bits per heavy atom. The van der Waals surface area contributed by atoms with Crippen LogP contribution in [0.4, 0.5) is 5.69 Å². The van der Waals surface area contributed by atoms with Crippen molar-refractivity contribution in [1.82, 2.24) is 20.2 Å². The zero-order chi connectivity index (χ0) is 15.2. The molecule has 0 N–H and O–H groups in total. The molecular formula is C14H19N5O2. The molecule has 0 aliphatic carbocycles. The number of hydrogen-bond acceptors (Lipinski definition) is 6. The summed E-state index contributed by atoms with van der Waals surface area (Å²) in [4.78, 5) is 14.0. The summed E-state index contributed by atoms with van der Waals surface area (Å²) in [7, 11) is 3.84. The molecule has 7 nitrogen and oxygen atoms in total. The van der Waals surface area contributed by atoms with Crippen molar-refractivity contribution in [3.05, 3.63) is 35.7 Å². The van der Waals surface area contributed by atoms with Crippen LogP contribution in [-0.4, -0.2) is 40.3 Å². The zero-order valence-corrected chi connectivity index (χ0v) is 12.5. The third-order valence-electron chi connectivity index (χ3n) is 2.97. The predicted octanol–water partition coefficient (Wildman–Crippen LogP) is 1.51. The van der Waals surface area contributed by atoms with Crippen molar-refractivity contribution in [2.24, 2.45) is 0 Å². The van der Waals surface area contributed by atoms with Crippen LogP contribution in [-0.2, 0) is 17.9 Å². The fraction of sp³-hybridized carbons (Fsp3) is 0.429. The molecular weight excluding hydrogens is 270 g/mol. The summed E-state index contributed by atoms with van der Waals surface area (Å²) in [5.74, 6) is 0.165. The lowest BCUT2D eigenvalue weighted by molar-refractivity contribution is 0.0456. The molecule has 0 aliphatic heterocycles. The van der Waals surface area contributed by atoms with Gasteiger partial charge in [0.2, 0.25) is 0 Å². The van der Waals surface area contributed by atoms with Gasteiger partial charge >= 0.3 is 5.97 Å². The molecule has 0 aliphatic rings. The molecule has 21 heavy (non-hydrogen) atoms. The van der Waals surface area contributed by atoms with Gasteiger partial charge in [0.25, 0.3) is 0 Å². The minimum absolute atomic E-state index is 0.0675. The van der Waals surface area contributed by atoms with E-state index in [4.69, 9.17) is 4.74 Å². The van der Waals surface area contributed by atoms with Crippen molar-refractivity contribution in [3.8, 4) is 0 Å². The summed E-state index contributed by atoms with van der Waals surface area (Å²) in [5.41, 5.74) is 1.45. The van der Waals surface area contributed by atoms with Crippen LogP contribution in [0.15, 0.2) is 24.3 Å². The van der Waals surface area contributed by atoms with Gasteiger partial charge in [-0.15, -0.1) is 5.10 Å². The Morgan fingerprint density at radius 2 is 2.19 bits per heavy atom. The van der Waals surface area contributed by atoms with Gasteiger partial charge in [-0.05, 0) is 35.0 Å². The number of benzene rings is 1. The molecule has 112 valence electrons. The van der Waals surface area contributed by atoms with Crippen molar-refractivity contribution in [2.45, 2.75) is 26.5 Å². The van der Waals surface area contributed by atoms with Crippen molar-refractivity contribution in [3.63, 3.8) is 0 Å². The van der Waals surface area contributed by atoms with Crippen LogP contribution in [0.25, 0.3) is 0 Å². The second kappa shape index (κ2) is 6.83. The molecule has 2 rings (SSSR count). The van der Waals surface area contributed by atoms with Crippen LogP contribution < -0.4 is 4.90 Å². The predicted molar refractivity (Wildman–Crippen MR) is 78.0 cm³/mol. The number of hydrogen-bond donors (Lipinski definition) is 0. The summed E-state index contributed by atoms with van der Waals surface area (Å²) in [6.45, 7) is 2.80. The van der Waals surface area contributed by atoms with Crippen molar-refractivity contribution >= 4 is 11.7 Å². The number of anilines is 1. The Hall–Kier alpha value is -2.44. The first kappa shape index (κ1) is 15.0. The fourth-order valence-corrected chi connectivity index (χ4v) is 1.84. The van der Waals surface area contributed by atoms with E-state index in [1.165, 1.54) is 0 Å². The van der Waals surface area contributed by atoms with Crippen LogP contribution in [0.1, 0.15) is 29.5 Å². The number of rotatable bonds is 6. The number of ether oxygens (including phenoxy) is 1. The lowest BCUT2D eigenvalue weighted by Crippen LogP contribution is -2.12. The van der Waals surface area contributed by atoms with Gasteiger partial charge in [-0.3, -0.25) is 0 Å². The highest BCUT2D eigenvalue weighted by Crippen LogP contribution is 2.14. The number of nitrogens with zero attached hydrogens (tertiary/aromatic N) is 5. The Balaban J connectivity index is 2.01. The average molecular weight is 289 g/mol. The molecule has 0 unspecified atom stereocenters. The molecule has 2 aromatic rings. The van der Waals surface area contributed by atoms with Crippen molar-refractivity contribution in [1.29, 1.82) is 0 Å². The number of tetrazole rings is 1. The number of aromatic nitrogens is 4. The number of carbonyl (C=O) groups excluding carboxylic acids is 1. The first-order valence-electron chi connectivity index (χ1n) is 6.81. The van der Waals surface area contributed by atoms with Gasteiger partial charge in [0.1, 0.15) is 0 Å². The van der Waals surface area contributed by atoms with Crippen LogP contribution >= 0.6 is 0 Å². The molecule has 0 fully saturated rings. The van der Waals surface area contributed by atoms with Crippen LogP contribution in [0.5, 0.6) is 0 Å². The molecule has 0 amide bonds. The number of carbonyl (C=O) groups is 1. The highest BCUT2D eigenvalue weighted by atomic mass is 16.5. The molecule has 0 saturated heterocycles. The van der Waals surface area contributed by atoms with E-state index >= 15 is 0 Å². The van der Waals surface area contributed by atoms with E-state index < -0.39 is 0 Å². The zero-order valence-electron chi connectivity index (χ0n) is 12.5. The monoisotopic (exact) mass is 289 g/mol. The van der Waals surface area contributed by atoms with E-state index in [1.807, 2.05) is 38.1 Å². The minimum Gasteiger partial charge on any atom is -0.454 e. The first-order chi connectivity index (χ1) is 10.1. The number of aryl methyl sites for hydroxylation is 1. The van der Waals surface area contributed by atoms with E-state index in [9.17, 15) is 4.79 Å². The topological polar surface area (TPSA) is 73.1 Å². The third kappa shape index (κ3) is 3.77. The lowest BCUT2D eigenvalue weighted by Gasteiger charge is -2.13. The Labute approximate surface area is 123 Å². The second-order valence-electron chi connectivity index (χ2n) is 4.84. The third-order valence-corrected chi connectivity index (χ3v) is 2.97. The molecule has 0 spiro atoms. The Morgan fingerprint density at radius 1 is 1.38 bits per heavy atom. The molecule has 7 heteroatoms. The van der Waals surface area contributed by atoms with E-state index in [0.29, 0.717) is 17.9 Å². The average Bonchev–Trinajstić information content (AvgIpc) is 2.92. The van der Waals surface area contributed by atoms with Gasteiger partial charge < -0.3 is 9.64 Å². The van der Waals surface area contributed by atoms with E-state index in [2.05, 4.69) is 15.5 Å². The highest BCUT2D eigenvalue weighted by Gasteiger charge is 2.12. The number of esters is 1. The van der Waals surface area contributed by atoms with Crippen molar-refractivity contribution in [2.75, 3.05) is 19.0 Å². The van der Waals surface area contributed by atoms with Gasteiger partial charge in [0.15, 0.2) is 12.4 Å². The summed E-state index contributed by atoms with van der Waals surface area (Å²) < 4.78 is 6.92. The second-order valence-corrected chi connectivity index (χ2v) is 4.84. The maximum absolute atomic E-state index is 12.1.